The first-order valence-electron chi connectivity index (χ1n) is 10.0. The van der Waals surface area contributed by atoms with Crippen molar-refractivity contribution in [2.24, 2.45) is 7.05 Å². The van der Waals surface area contributed by atoms with Crippen LogP contribution in [0.3, 0.4) is 0 Å². The van der Waals surface area contributed by atoms with Gasteiger partial charge in [-0.25, -0.2) is 4.98 Å². The highest BCUT2D eigenvalue weighted by Crippen LogP contribution is 2.31. The molecule has 2 aromatic heterocycles. The molecular weight excluding hydrogens is 390 g/mol. The number of thioether (sulfide) groups is 1. The molecule has 0 aliphatic carbocycles. The predicted molar refractivity (Wildman–Crippen MR) is 127 cm³/mol. The average molecular weight is 416 g/mol. The van der Waals surface area contributed by atoms with Crippen LogP contribution >= 0.6 is 11.8 Å². The molecule has 0 atom stereocenters. The van der Waals surface area contributed by atoms with Crippen LogP contribution in [0.4, 0.5) is 0 Å². The van der Waals surface area contributed by atoms with Crippen molar-refractivity contribution in [3.63, 3.8) is 0 Å². The summed E-state index contributed by atoms with van der Waals surface area (Å²) in [6.45, 7) is 7.86. The van der Waals surface area contributed by atoms with Gasteiger partial charge in [0.15, 0.2) is 5.16 Å². The SMILES string of the molecule is C=Cc1ccc(CSc2nc3c(-c4ccccc4)cn(C)c3c(=O)n2C(C)C)cc1. The maximum absolute atomic E-state index is 13.4. The minimum absolute atomic E-state index is 0.00388. The Morgan fingerprint density at radius 1 is 1.10 bits per heavy atom. The van der Waals surface area contributed by atoms with E-state index in [1.54, 1.807) is 16.3 Å². The van der Waals surface area contributed by atoms with Crippen molar-refractivity contribution >= 4 is 28.9 Å². The largest absolute Gasteiger partial charge is 0.344 e. The second kappa shape index (κ2) is 8.36. The van der Waals surface area contributed by atoms with Gasteiger partial charge in [-0.05, 0) is 30.5 Å². The molecule has 0 aliphatic heterocycles. The van der Waals surface area contributed by atoms with Gasteiger partial charge in [-0.2, -0.15) is 0 Å². The molecule has 0 bridgehead atoms. The predicted octanol–water partition coefficient (Wildman–Crippen LogP) is 5.92. The molecule has 0 radical (unpaired) electrons. The van der Waals surface area contributed by atoms with E-state index >= 15 is 0 Å². The number of aryl methyl sites for hydroxylation is 1. The van der Waals surface area contributed by atoms with E-state index < -0.39 is 0 Å². The molecular formula is C25H25N3OS. The zero-order valence-electron chi connectivity index (χ0n) is 17.5. The van der Waals surface area contributed by atoms with E-state index in [9.17, 15) is 4.79 Å². The lowest BCUT2D eigenvalue weighted by molar-refractivity contribution is 0.517. The highest BCUT2D eigenvalue weighted by atomic mass is 32.2. The molecule has 4 rings (SSSR count). The number of hydrogen-bond acceptors (Lipinski definition) is 3. The highest BCUT2D eigenvalue weighted by molar-refractivity contribution is 7.98. The molecule has 0 N–H and O–H groups in total. The normalized spacial score (nSPS) is 11.3. The Bertz CT molecular complexity index is 1250. The molecule has 4 aromatic rings. The van der Waals surface area contributed by atoms with Gasteiger partial charge in [0.05, 0.1) is 0 Å². The topological polar surface area (TPSA) is 39.8 Å². The van der Waals surface area contributed by atoms with E-state index in [4.69, 9.17) is 4.98 Å². The Kier molecular flexibility index (Phi) is 5.64. The van der Waals surface area contributed by atoms with Gasteiger partial charge in [0.2, 0.25) is 0 Å². The smallest absolute Gasteiger partial charge is 0.278 e. The quantitative estimate of drug-likeness (QED) is 0.290. The molecule has 0 saturated heterocycles. The number of fused-ring (bicyclic) bond motifs is 1. The number of nitrogens with zero attached hydrogens (tertiary/aromatic N) is 3. The summed E-state index contributed by atoms with van der Waals surface area (Å²) in [6, 6.07) is 18.4. The van der Waals surface area contributed by atoms with Gasteiger partial charge in [0, 0.05) is 30.6 Å². The molecule has 0 fully saturated rings. The molecule has 0 saturated carbocycles. The third kappa shape index (κ3) is 3.73. The summed E-state index contributed by atoms with van der Waals surface area (Å²) in [7, 11) is 1.91. The molecule has 0 amide bonds. The van der Waals surface area contributed by atoms with E-state index in [0.29, 0.717) is 5.52 Å². The molecule has 2 heterocycles. The van der Waals surface area contributed by atoms with Crippen molar-refractivity contribution in [1.82, 2.24) is 14.1 Å². The summed E-state index contributed by atoms with van der Waals surface area (Å²) in [5.74, 6) is 0.746. The van der Waals surface area contributed by atoms with Crippen molar-refractivity contribution < 1.29 is 0 Å². The van der Waals surface area contributed by atoms with Gasteiger partial charge in [-0.1, -0.05) is 79.0 Å². The molecule has 152 valence electrons. The summed E-state index contributed by atoms with van der Waals surface area (Å²) in [5.41, 5.74) is 5.74. The van der Waals surface area contributed by atoms with Crippen LogP contribution in [-0.2, 0) is 12.8 Å². The van der Waals surface area contributed by atoms with Gasteiger partial charge in [-0.15, -0.1) is 0 Å². The van der Waals surface area contributed by atoms with E-state index in [-0.39, 0.29) is 11.6 Å². The minimum Gasteiger partial charge on any atom is -0.344 e. The minimum atomic E-state index is 0.00388. The molecule has 0 aliphatic rings. The average Bonchev–Trinajstić information content (AvgIpc) is 3.09. The maximum Gasteiger partial charge on any atom is 0.278 e. The van der Waals surface area contributed by atoms with Crippen molar-refractivity contribution in [3.05, 3.63) is 88.9 Å². The molecule has 2 aromatic carbocycles. The van der Waals surface area contributed by atoms with E-state index in [1.165, 1.54) is 5.56 Å². The number of hydrogen-bond donors (Lipinski definition) is 0. The van der Waals surface area contributed by atoms with E-state index in [1.807, 2.05) is 55.9 Å². The van der Waals surface area contributed by atoms with Crippen LogP contribution in [0.2, 0.25) is 0 Å². The van der Waals surface area contributed by atoms with Crippen molar-refractivity contribution in [2.45, 2.75) is 30.8 Å². The lowest BCUT2D eigenvalue weighted by atomic mass is 10.1. The van der Waals surface area contributed by atoms with Gasteiger partial charge in [0.1, 0.15) is 11.0 Å². The van der Waals surface area contributed by atoms with Crippen LogP contribution in [0.25, 0.3) is 28.2 Å². The Morgan fingerprint density at radius 3 is 2.43 bits per heavy atom. The Hall–Kier alpha value is -3.05. The van der Waals surface area contributed by atoms with Gasteiger partial charge >= 0.3 is 0 Å². The molecule has 5 heteroatoms. The van der Waals surface area contributed by atoms with E-state index in [0.717, 1.165) is 33.1 Å². The van der Waals surface area contributed by atoms with Crippen LogP contribution < -0.4 is 5.56 Å². The van der Waals surface area contributed by atoms with Crippen LogP contribution in [0.1, 0.15) is 31.0 Å². The van der Waals surface area contributed by atoms with E-state index in [2.05, 4.69) is 43.0 Å². The Balaban J connectivity index is 1.82. The van der Waals surface area contributed by atoms with Crippen molar-refractivity contribution in [1.29, 1.82) is 0 Å². The molecule has 4 nitrogen and oxygen atoms in total. The van der Waals surface area contributed by atoms with Gasteiger partial charge < -0.3 is 4.57 Å². The first-order chi connectivity index (χ1) is 14.5. The first-order valence-corrected chi connectivity index (χ1v) is 11.0. The Labute approximate surface area is 180 Å². The zero-order valence-corrected chi connectivity index (χ0v) is 18.3. The summed E-state index contributed by atoms with van der Waals surface area (Å²) in [4.78, 5) is 18.4. The van der Waals surface area contributed by atoms with Crippen LogP contribution in [-0.4, -0.2) is 14.1 Å². The lowest BCUT2D eigenvalue weighted by Crippen LogP contribution is -2.26. The summed E-state index contributed by atoms with van der Waals surface area (Å²) in [5, 5.41) is 0.749. The molecule has 30 heavy (non-hydrogen) atoms. The number of aromatic nitrogens is 3. The van der Waals surface area contributed by atoms with Crippen LogP contribution in [0, 0.1) is 0 Å². The van der Waals surface area contributed by atoms with Gasteiger partial charge in [0.25, 0.3) is 5.56 Å². The number of benzene rings is 2. The second-order valence-corrected chi connectivity index (χ2v) is 8.56. The fourth-order valence-electron chi connectivity index (χ4n) is 3.61. The van der Waals surface area contributed by atoms with Crippen molar-refractivity contribution in [2.75, 3.05) is 0 Å². The lowest BCUT2D eigenvalue weighted by Gasteiger charge is -2.16. The van der Waals surface area contributed by atoms with Gasteiger partial charge in [-0.3, -0.25) is 9.36 Å². The first kappa shape index (κ1) is 20.2. The fraction of sp³-hybridized carbons (Fsp3) is 0.200. The monoisotopic (exact) mass is 415 g/mol. The summed E-state index contributed by atoms with van der Waals surface area (Å²) >= 11 is 1.60. The molecule has 0 spiro atoms. The molecule has 0 unspecified atom stereocenters. The maximum atomic E-state index is 13.4. The Morgan fingerprint density at radius 2 is 1.80 bits per heavy atom. The summed E-state index contributed by atoms with van der Waals surface area (Å²) < 4.78 is 3.70. The van der Waals surface area contributed by atoms with Crippen LogP contribution in [0.5, 0.6) is 0 Å². The standard InChI is InChI=1S/C25H25N3OS/c1-5-18-11-13-19(14-12-18)16-30-25-26-22-21(20-9-7-6-8-10-20)15-27(4)23(22)24(29)28(25)17(2)3/h5-15,17H,1,16H2,2-4H3. The number of rotatable bonds is 6. The van der Waals surface area contributed by atoms with Crippen molar-refractivity contribution in [3.8, 4) is 11.1 Å². The third-order valence-corrected chi connectivity index (χ3v) is 6.20. The zero-order chi connectivity index (χ0) is 21.3. The van der Waals surface area contributed by atoms with Crippen LogP contribution in [0.15, 0.2) is 77.3 Å². The second-order valence-electron chi connectivity index (χ2n) is 7.61. The third-order valence-electron chi connectivity index (χ3n) is 5.17. The fourth-order valence-corrected chi connectivity index (χ4v) is 4.69. The highest BCUT2D eigenvalue weighted by Gasteiger charge is 2.20. The summed E-state index contributed by atoms with van der Waals surface area (Å²) in [6.07, 6.45) is 3.84.